The van der Waals surface area contributed by atoms with Crippen molar-refractivity contribution >= 4 is 10.0 Å². The second-order valence-electron chi connectivity index (χ2n) is 4.18. The standard InChI is InChI=1S/C11H14F4N2O2S/c1-7(16-2)6-17-20(18,19)10-5-8(11(13,14)15)3-4-9(10)12/h3-5,7,16-17H,6H2,1-2H3. The minimum absolute atomic E-state index is 0.0749. The predicted molar refractivity (Wildman–Crippen MR) is 65.1 cm³/mol. The van der Waals surface area contributed by atoms with Gasteiger partial charge in [0.05, 0.1) is 5.56 Å². The Kier molecular flexibility index (Phi) is 5.11. The number of rotatable bonds is 5. The molecule has 0 aliphatic heterocycles. The summed E-state index contributed by atoms with van der Waals surface area (Å²) in [6.45, 7) is 1.58. The number of hydrogen-bond donors (Lipinski definition) is 2. The summed E-state index contributed by atoms with van der Waals surface area (Å²) >= 11 is 0. The predicted octanol–water partition coefficient (Wildman–Crippen LogP) is 1.73. The molecule has 4 nitrogen and oxygen atoms in total. The van der Waals surface area contributed by atoms with Crippen molar-refractivity contribution in [2.24, 2.45) is 0 Å². The van der Waals surface area contributed by atoms with E-state index in [1.54, 1.807) is 14.0 Å². The summed E-state index contributed by atoms with van der Waals surface area (Å²) < 4.78 is 76.6. The highest BCUT2D eigenvalue weighted by Gasteiger charge is 2.33. The van der Waals surface area contributed by atoms with Crippen LogP contribution in [0.1, 0.15) is 12.5 Å². The van der Waals surface area contributed by atoms with E-state index in [1.165, 1.54) is 0 Å². The second kappa shape index (κ2) is 6.06. The highest BCUT2D eigenvalue weighted by Crippen LogP contribution is 2.31. The first-order valence-electron chi connectivity index (χ1n) is 5.61. The topological polar surface area (TPSA) is 58.2 Å². The van der Waals surface area contributed by atoms with Crippen molar-refractivity contribution in [2.45, 2.75) is 24.0 Å². The van der Waals surface area contributed by atoms with Crippen molar-refractivity contribution < 1.29 is 26.0 Å². The molecule has 0 bridgehead atoms. The lowest BCUT2D eigenvalue weighted by Gasteiger charge is -2.14. The third-order valence-electron chi connectivity index (χ3n) is 2.62. The van der Waals surface area contributed by atoms with Gasteiger partial charge in [0.25, 0.3) is 0 Å². The van der Waals surface area contributed by atoms with Crippen molar-refractivity contribution in [3.63, 3.8) is 0 Å². The third-order valence-corrected chi connectivity index (χ3v) is 4.06. The summed E-state index contributed by atoms with van der Waals surface area (Å²) in [5, 5.41) is 2.74. The minimum atomic E-state index is -4.74. The Morgan fingerprint density at radius 2 is 1.90 bits per heavy atom. The number of alkyl halides is 3. The van der Waals surface area contributed by atoms with Gasteiger partial charge in [-0.1, -0.05) is 0 Å². The molecule has 20 heavy (non-hydrogen) atoms. The molecule has 1 unspecified atom stereocenters. The van der Waals surface area contributed by atoms with Crippen LogP contribution in [-0.4, -0.2) is 28.1 Å². The molecule has 9 heteroatoms. The molecule has 114 valence electrons. The zero-order valence-corrected chi connectivity index (χ0v) is 11.6. The normalized spacial score (nSPS) is 14.3. The Hall–Kier alpha value is -1.19. The molecule has 0 aliphatic rings. The molecule has 0 saturated heterocycles. The molecule has 1 rings (SSSR count). The van der Waals surface area contributed by atoms with E-state index in [0.717, 1.165) is 0 Å². The Bertz CT molecular complexity index is 572. The van der Waals surface area contributed by atoms with Crippen LogP contribution >= 0.6 is 0 Å². The molecule has 0 fully saturated rings. The maximum Gasteiger partial charge on any atom is 0.416 e. The van der Waals surface area contributed by atoms with Gasteiger partial charge >= 0.3 is 6.18 Å². The van der Waals surface area contributed by atoms with E-state index in [0.29, 0.717) is 12.1 Å². The van der Waals surface area contributed by atoms with Crippen molar-refractivity contribution in [1.82, 2.24) is 10.0 Å². The Morgan fingerprint density at radius 1 is 1.30 bits per heavy atom. The molecular formula is C11H14F4N2O2S. The Balaban J connectivity index is 3.11. The van der Waals surface area contributed by atoms with Gasteiger partial charge < -0.3 is 5.32 Å². The van der Waals surface area contributed by atoms with Crippen LogP contribution in [0.3, 0.4) is 0 Å². The fourth-order valence-corrected chi connectivity index (χ4v) is 2.53. The maximum atomic E-state index is 13.5. The van der Waals surface area contributed by atoms with E-state index < -0.39 is 32.5 Å². The first kappa shape index (κ1) is 16.9. The smallest absolute Gasteiger partial charge is 0.316 e. The summed E-state index contributed by atoms with van der Waals surface area (Å²) in [4.78, 5) is -1.02. The lowest BCUT2D eigenvalue weighted by atomic mass is 10.2. The van der Waals surface area contributed by atoms with Gasteiger partial charge in [-0.3, -0.25) is 0 Å². The van der Waals surface area contributed by atoms with Crippen molar-refractivity contribution in [3.05, 3.63) is 29.6 Å². The van der Waals surface area contributed by atoms with Crippen LogP contribution in [0.5, 0.6) is 0 Å². The molecular weight excluding hydrogens is 300 g/mol. The van der Waals surface area contributed by atoms with E-state index in [2.05, 4.69) is 5.32 Å². The summed E-state index contributed by atoms with van der Waals surface area (Å²) in [5.74, 6) is -1.23. The molecule has 0 spiro atoms. The van der Waals surface area contributed by atoms with Crippen molar-refractivity contribution in [2.75, 3.05) is 13.6 Å². The monoisotopic (exact) mass is 314 g/mol. The van der Waals surface area contributed by atoms with Gasteiger partial charge in [0.2, 0.25) is 10.0 Å². The molecule has 0 heterocycles. The van der Waals surface area contributed by atoms with E-state index >= 15 is 0 Å². The number of likely N-dealkylation sites (N-methyl/N-ethyl adjacent to an activating group) is 1. The van der Waals surface area contributed by atoms with E-state index in [4.69, 9.17) is 0 Å². The quantitative estimate of drug-likeness (QED) is 0.814. The van der Waals surface area contributed by atoms with Gasteiger partial charge in [0.1, 0.15) is 10.7 Å². The number of nitrogens with one attached hydrogen (secondary N) is 2. The van der Waals surface area contributed by atoms with Crippen molar-refractivity contribution in [3.8, 4) is 0 Å². The van der Waals surface area contributed by atoms with Crippen LogP contribution in [0.25, 0.3) is 0 Å². The first-order valence-corrected chi connectivity index (χ1v) is 7.10. The zero-order chi connectivity index (χ0) is 15.6. The van der Waals surface area contributed by atoms with Crippen LogP contribution in [0.15, 0.2) is 23.1 Å². The van der Waals surface area contributed by atoms with E-state index in [1.807, 2.05) is 4.72 Å². The van der Waals surface area contributed by atoms with Gasteiger partial charge in [-0.25, -0.2) is 17.5 Å². The van der Waals surface area contributed by atoms with Crippen LogP contribution in [0.4, 0.5) is 17.6 Å². The molecule has 0 aliphatic carbocycles. The van der Waals surface area contributed by atoms with E-state index in [-0.39, 0.29) is 18.7 Å². The Labute approximate surface area is 114 Å². The third kappa shape index (κ3) is 4.15. The molecule has 1 aromatic rings. The maximum absolute atomic E-state index is 13.5. The molecule has 0 radical (unpaired) electrons. The van der Waals surface area contributed by atoms with Gasteiger partial charge in [-0.2, -0.15) is 13.2 Å². The van der Waals surface area contributed by atoms with Gasteiger partial charge in [-0.15, -0.1) is 0 Å². The van der Waals surface area contributed by atoms with Gasteiger partial charge in [0, 0.05) is 12.6 Å². The number of sulfonamides is 1. The lowest BCUT2D eigenvalue weighted by Crippen LogP contribution is -2.37. The number of benzene rings is 1. The molecule has 0 saturated carbocycles. The second-order valence-corrected chi connectivity index (χ2v) is 5.92. The van der Waals surface area contributed by atoms with Crippen molar-refractivity contribution in [1.29, 1.82) is 0 Å². The highest BCUT2D eigenvalue weighted by molar-refractivity contribution is 7.89. The molecule has 1 atom stereocenters. The summed E-state index contributed by atoms with van der Waals surface area (Å²) in [7, 11) is -2.76. The molecule has 2 N–H and O–H groups in total. The molecule has 0 amide bonds. The van der Waals surface area contributed by atoms with Gasteiger partial charge in [0.15, 0.2) is 0 Å². The fraction of sp³-hybridized carbons (Fsp3) is 0.455. The summed E-state index contributed by atoms with van der Waals surface area (Å²) in [5.41, 5.74) is -1.22. The molecule has 0 aromatic heterocycles. The number of hydrogen-bond acceptors (Lipinski definition) is 3. The average molecular weight is 314 g/mol. The minimum Gasteiger partial charge on any atom is -0.316 e. The highest BCUT2D eigenvalue weighted by atomic mass is 32.2. The Morgan fingerprint density at radius 3 is 2.40 bits per heavy atom. The fourth-order valence-electron chi connectivity index (χ4n) is 1.30. The van der Waals surface area contributed by atoms with Crippen LogP contribution in [0, 0.1) is 5.82 Å². The van der Waals surface area contributed by atoms with E-state index in [9.17, 15) is 26.0 Å². The summed E-state index contributed by atoms with van der Waals surface area (Å²) in [6, 6.07) is 1.00. The first-order chi connectivity index (χ1) is 9.08. The zero-order valence-electron chi connectivity index (χ0n) is 10.8. The number of halogens is 4. The summed E-state index contributed by atoms with van der Waals surface area (Å²) in [6.07, 6.45) is -4.74. The van der Waals surface area contributed by atoms with Crippen LogP contribution in [0.2, 0.25) is 0 Å². The lowest BCUT2D eigenvalue weighted by molar-refractivity contribution is -0.137. The SMILES string of the molecule is CNC(C)CNS(=O)(=O)c1cc(C(F)(F)F)ccc1F. The average Bonchev–Trinajstić information content (AvgIpc) is 2.34. The largest absolute Gasteiger partial charge is 0.416 e. The van der Waals surface area contributed by atoms with Gasteiger partial charge in [-0.05, 0) is 32.2 Å². The molecule has 1 aromatic carbocycles. The van der Waals surface area contributed by atoms with Crippen LogP contribution in [-0.2, 0) is 16.2 Å². The van der Waals surface area contributed by atoms with Crippen LogP contribution < -0.4 is 10.0 Å².